The maximum atomic E-state index is 13.3. The number of Topliss-reactive ketones (excluding diaryl/α,β-unsaturated/α-hetero) is 1. The number of hydrogen-bond acceptors (Lipinski definition) is 5. The maximum Gasteiger partial charge on any atom is 0.300 e. The van der Waals surface area contributed by atoms with Gasteiger partial charge >= 0.3 is 0 Å². The molecule has 4 rings (SSSR count). The van der Waals surface area contributed by atoms with E-state index in [4.69, 9.17) is 32.7 Å². The number of ketones is 1. The topological polar surface area (TPSA) is 76.1 Å². The Morgan fingerprint density at radius 1 is 0.941 bits per heavy atom. The van der Waals surface area contributed by atoms with Crippen LogP contribution in [0.1, 0.15) is 22.7 Å². The van der Waals surface area contributed by atoms with Gasteiger partial charge in [0.05, 0.1) is 25.8 Å². The third-order valence-corrected chi connectivity index (χ3v) is 6.45. The highest BCUT2D eigenvalue weighted by Crippen LogP contribution is 2.45. The molecule has 1 saturated heterocycles. The predicted molar refractivity (Wildman–Crippen MR) is 132 cm³/mol. The lowest BCUT2D eigenvalue weighted by molar-refractivity contribution is -0.132. The third-order valence-electron chi connectivity index (χ3n) is 5.78. The van der Waals surface area contributed by atoms with Crippen LogP contribution in [-0.2, 0) is 9.59 Å². The summed E-state index contributed by atoms with van der Waals surface area (Å²) in [5, 5.41) is 12.1. The number of nitrogens with zero attached hydrogens (tertiary/aromatic N) is 1. The summed E-state index contributed by atoms with van der Waals surface area (Å²) in [5.74, 6) is -0.996. The molecule has 1 aliphatic heterocycles. The van der Waals surface area contributed by atoms with E-state index in [1.54, 1.807) is 67.6 Å². The lowest BCUT2D eigenvalue weighted by Crippen LogP contribution is -2.30. The first-order valence-electron chi connectivity index (χ1n) is 10.3. The monoisotopic (exact) mass is 497 g/mol. The van der Waals surface area contributed by atoms with E-state index in [0.29, 0.717) is 43.9 Å². The number of halogens is 2. The largest absolute Gasteiger partial charge is 0.507 e. The van der Waals surface area contributed by atoms with Crippen LogP contribution in [0.25, 0.3) is 5.76 Å². The van der Waals surface area contributed by atoms with Crippen molar-refractivity contribution in [1.82, 2.24) is 0 Å². The summed E-state index contributed by atoms with van der Waals surface area (Å²) in [5.41, 5.74) is 1.94. The SMILES string of the molecule is COc1ccc(C2/C(=C(\O)c3ccc(Cl)cc3)C(=O)C(=O)N2c2cccc(Cl)c2C)cc1OC. The Bertz CT molecular complexity index is 1320. The Balaban J connectivity index is 2.00. The summed E-state index contributed by atoms with van der Waals surface area (Å²) in [6.45, 7) is 1.77. The van der Waals surface area contributed by atoms with Gasteiger partial charge in [-0.05, 0) is 66.6 Å². The summed E-state index contributed by atoms with van der Waals surface area (Å²) in [6, 6.07) is 15.6. The average molecular weight is 498 g/mol. The van der Waals surface area contributed by atoms with Crippen LogP contribution in [0.2, 0.25) is 10.0 Å². The fraction of sp³-hybridized carbons (Fsp3) is 0.154. The van der Waals surface area contributed by atoms with Crippen molar-refractivity contribution >= 4 is 46.3 Å². The molecule has 34 heavy (non-hydrogen) atoms. The van der Waals surface area contributed by atoms with Gasteiger partial charge in [-0.15, -0.1) is 0 Å². The second kappa shape index (κ2) is 9.41. The van der Waals surface area contributed by atoms with Crippen LogP contribution >= 0.6 is 23.2 Å². The Morgan fingerprint density at radius 2 is 1.62 bits per heavy atom. The molecular weight excluding hydrogens is 477 g/mol. The van der Waals surface area contributed by atoms with Gasteiger partial charge in [0, 0.05) is 21.3 Å². The van der Waals surface area contributed by atoms with Gasteiger partial charge in [-0.25, -0.2) is 0 Å². The lowest BCUT2D eigenvalue weighted by atomic mass is 9.94. The highest BCUT2D eigenvalue weighted by atomic mass is 35.5. The highest BCUT2D eigenvalue weighted by Gasteiger charge is 2.47. The van der Waals surface area contributed by atoms with Crippen molar-refractivity contribution in [1.29, 1.82) is 0 Å². The molecule has 1 unspecified atom stereocenters. The molecule has 0 aromatic heterocycles. The number of amides is 1. The molecule has 1 amide bonds. The number of carbonyl (C=O) groups excluding carboxylic acids is 2. The molecular formula is C26H21Cl2NO5. The first-order chi connectivity index (χ1) is 16.3. The van der Waals surface area contributed by atoms with Crippen LogP contribution in [0.4, 0.5) is 5.69 Å². The van der Waals surface area contributed by atoms with Crippen LogP contribution < -0.4 is 14.4 Å². The Kier molecular flexibility index (Phi) is 6.55. The van der Waals surface area contributed by atoms with E-state index < -0.39 is 17.7 Å². The predicted octanol–water partition coefficient (Wildman–Crippen LogP) is 5.95. The highest BCUT2D eigenvalue weighted by molar-refractivity contribution is 6.52. The van der Waals surface area contributed by atoms with Gasteiger partial charge in [0.1, 0.15) is 5.76 Å². The number of aliphatic hydroxyl groups excluding tert-OH is 1. The number of methoxy groups -OCH3 is 2. The zero-order chi connectivity index (χ0) is 24.6. The normalized spacial score (nSPS) is 17.2. The maximum absolute atomic E-state index is 13.3. The quantitative estimate of drug-likeness (QED) is 0.268. The number of rotatable bonds is 5. The second-order valence-electron chi connectivity index (χ2n) is 7.67. The summed E-state index contributed by atoms with van der Waals surface area (Å²) in [6.07, 6.45) is 0. The summed E-state index contributed by atoms with van der Waals surface area (Å²) < 4.78 is 10.8. The van der Waals surface area contributed by atoms with Crippen molar-refractivity contribution in [2.45, 2.75) is 13.0 Å². The minimum Gasteiger partial charge on any atom is -0.507 e. The number of ether oxygens (including phenoxy) is 2. The Labute approximate surface area is 206 Å². The number of benzene rings is 3. The van der Waals surface area contributed by atoms with Crippen LogP contribution in [0.3, 0.4) is 0 Å². The van der Waals surface area contributed by atoms with Gasteiger partial charge in [-0.1, -0.05) is 35.3 Å². The molecule has 3 aromatic carbocycles. The fourth-order valence-electron chi connectivity index (χ4n) is 4.04. The third kappa shape index (κ3) is 4.00. The van der Waals surface area contributed by atoms with E-state index in [0.717, 1.165) is 0 Å². The van der Waals surface area contributed by atoms with E-state index in [1.807, 2.05) is 0 Å². The number of carbonyl (C=O) groups is 2. The second-order valence-corrected chi connectivity index (χ2v) is 8.52. The van der Waals surface area contributed by atoms with Crippen LogP contribution in [-0.4, -0.2) is 31.0 Å². The van der Waals surface area contributed by atoms with Crippen molar-refractivity contribution in [3.63, 3.8) is 0 Å². The molecule has 0 spiro atoms. The van der Waals surface area contributed by atoms with Crippen LogP contribution in [0.15, 0.2) is 66.2 Å². The summed E-state index contributed by atoms with van der Waals surface area (Å²) in [4.78, 5) is 28.0. The van der Waals surface area contributed by atoms with E-state index >= 15 is 0 Å². The van der Waals surface area contributed by atoms with Crippen molar-refractivity contribution in [2.24, 2.45) is 0 Å². The van der Waals surface area contributed by atoms with Crippen molar-refractivity contribution in [2.75, 3.05) is 19.1 Å². The molecule has 8 heteroatoms. The molecule has 1 aliphatic rings. The number of hydrogen-bond donors (Lipinski definition) is 1. The van der Waals surface area contributed by atoms with E-state index in [9.17, 15) is 14.7 Å². The summed E-state index contributed by atoms with van der Waals surface area (Å²) in [7, 11) is 3.01. The molecule has 0 bridgehead atoms. The van der Waals surface area contributed by atoms with Crippen LogP contribution in [0.5, 0.6) is 11.5 Å². The molecule has 1 N–H and O–H groups in total. The number of aliphatic hydroxyl groups is 1. The van der Waals surface area contributed by atoms with Crippen LogP contribution in [0, 0.1) is 6.92 Å². The molecule has 0 radical (unpaired) electrons. The molecule has 6 nitrogen and oxygen atoms in total. The summed E-state index contributed by atoms with van der Waals surface area (Å²) >= 11 is 12.3. The minimum absolute atomic E-state index is 0.0566. The molecule has 3 aromatic rings. The van der Waals surface area contributed by atoms with E-state index in [2.05, 4.69) is 0 Å². The molecule has 0 aliphatic carbocycles. The molecule has 1 heterocycles. The van der Waals surface area contributed by atoms with Gasteiger partial charge < -0.3 is 14.6 Å². The first kappa shape index (κ1) is 23.7. The van der Waals surface area contributed by atoms with Gasteiger partial charge in [0.25, 0.3) is 11.7 Å². The van der Waals surface area contributed by atoms with Gasteiger partial charge in [-0.2, -0.15) is 0 Å². The zero-order valence-electron chi connectivity index (χ0n) is 18.6. The molecule has 174 valence electrons. The first-order valence-corrected chi connectivity index (χ1v) is 11.1. The smallest absolute Gasteiger partial charge is 0.300 e. The molecule has 1 fully saturated rings. The van der Waals surface area contributed by atoms with E-state index in [1.165, 1.54) is 19.1 Å². The van der Waals surface area contributed by atoms with Crippen molar-refractivity contribution in [3.05, 3.63) is 93.0 Å². The Hall–Kier alpha value is -3.48. The number of anilines is 1. The molecule has 0 saturated carbocycles. The minimum atomic E-state index is -0.937. The van der Waals surface area contributed by atoms with Crippen molar-refractivity contribution in [3.8, 4) is 11.5 Å². The lowest BCUT2D eigenvalue weighted by Gasteiger charge is -2.27. The standard InChI is InChI=1S/C26H21Cl2NO5/c1-14-18(28)5-4-6-19(14)29-23(16-9-12-20(33-2)21(13-16)34-3)22(25(31)26(29)32)24(30)15-7-10-17(27)11-8-15/h4-13,23,30H,1-3H3/b24-22+. The van der Waals surface area contributed by atoms with Gasteiger partial charge in [-0.3, -0.25) is 14.5 Å². The Morgan fingerprint density at radius 3 is 2.26 bits per heavy atom. The van der Waals surface area contributed by atoms with Gasteiger partial charge in [0.2, 0.25) is 0 Å². The van der Waals surface area contributed by atoms with Crippen molar-refractivity contribution < 1.29 is 24.2 Å². The average Bonchev–Trinajstić information content (AvgIpc) is 3.10. The zero-order valence-corrected chi connectivity index (χ0v) is 20.1. The molecule has 1 atom stereocenters. The fourth-order valence-corrected chi connectivity index (χ4v) is 4.34. The van der Waals surface area contributed by atoms with E-state index in [-0.39, 0.29) is 11.3 Å². The van der Waals surface area contributed by atoms with Gasteiger partial charge in [0.15, 0.2) is 11.5 Å².